The maximum absolute atomic E-state index is 12.6. The minimum absolute atomic E-state index is 0.168. The first-order chi connectivity index (χ1) is 14.1. The maximum atomic E-state index is 12.6. The molecule has 2 aromatic heterocycles. The third kappa shape index (κ3) is 4.83. The average Bonchev–Trinajstić information content (AvgIpc) is 3.20. The van der Waals surface area contributed by atoms with Crippen LogP contribution in [0.5, 0.6) is 0 Å². The predicted molar refractivity (Wildman–Crippen MR) is 109 cm³/mol. The Labute approximate surface area is 177 Å². The number of aromatic nitrogens is 4. The van der Waals surface area contributed by atoms with Crippen LogP contribution in [-0.4, -0.2) is 44.1 Å². The topological polar surface area (TPSA) is 97.0 Å². The van der Waals surface area contributed by atoms with Gasteiger partial charge in [-0.15, -0.1) is 0 Å². The fourth-order valence-corrected chi connectivity index (χ4v) is 3.59. The SMILES string of the molecule is O=C(Nc1ccc(Cl)c(Cl)c1)N1CCCC(Cc2nc(-c3cnccn3)no2)C1. The summed E-state index contributed by atoms with van der Waals surface area (Å²) in [4.78, 5) is 27.0. The fourth-order valence-electron chi connectivity index (χ4n) is 3.30. The molecule has 0 aliphatic carbocycles. The van der Waals surface area contributed by atoms with Crippen molar-refractivity contribution in [3.05, 3.63) is 52.7 Å². The lowest BCUT2D eigenvalue weighted by atomic mass is 9.95. The van der Waals surface area contributed by atoms with Crippen LogP contribution in [0, 0.1) is 5.92 Å². The summed E-state index contributed by atoms with van der Waals surface area (Å²) >= 11 is 11.9. The number of urea groups is 1. The van der Waals surface area contributed by atoms with Gasteiger partial charge in [0.15, 0.2) is 0 Å². The minimum Gasteiger partial charge on any atom is -0.339 e. The number of nitrogens with zero attached hydrogens (tertiary/aromatic N) is 5. The first-order valence-corrected chi connectivity index (χ1v) is 9.94. The maximum Gasteiger partial charge on any atom is 0.321 e. The number of amides is 2. The van der Waals surface area contributed by atoms with E-state index in [0.29, 0.717) is 52.7 Å². The number of nitrogens with one attached hydrogen (secondary N) is 1. The minimum atomic E-state index is -0.168. The normalized spacial score (nSPS) is 16.6. The van der Waals surface area contributed by atoms with Crippen LogP contribution in [0.1, 0.15) is 18.7 Å². The van der Waals surface area contributed by atoms with E-state index in [9.17, 15) is 4.79 Å². The Kier molecular flexibility index (Phi) is 5.92. The third-order valence-electron chi connectivity index (χ3n) is 4.70. The third-order valence-corrected chi connectivity index (χ3v) is 5.44. The molecule has 29 heavy (non-hydrogen) atoms. The zero-order chi connectivity index (χ0) is 20.2. The summed E-state index contributed by atoms with van der Waals surface area (Å²) in [7, 11) is 0. The van der Waals surface area contributed by atoms with E-state index in [4.69, 9.17) is 27.7 Å². The van der Waals surface area contributed by atoms with Crippen LogP contribution < -0.4 is 5.32 Å². The molecule has 2 amide bonds. The van der Waals surface area contributed by atoms with Gasteiger partial charge in [0.25, 0.3) is 0 Å². The molecule has 150 valence electrons. The number of hydrogen-bond acceptors (Lipinski definition) is 6. The van der Waals surface area contributed by atoms with E-state index in [1.165, 1.54) is 0 Å². The van der Waals surface area contributed by atoms with Crippen molar-refractivity contribution < 1.29 is 9.32 Å². The van der Waals surface area contributed by atoms with Gasteiger partial charge >= 0.3 is 6.03 Å². The number of likely N-dealkylation sites (tertiary alicyclic amines) is 1. The second kappa shape index (κ2) is 8.75. The molecule has 1 aromatic carbocycles. The molecule has 0 radical (unpaired) electrons. The molecule has 0 saturated carbocycles. The molecule has 3 heterocycles. The van der Waals surface area contributed by atoms with E-state index >= 15 is 0 Å². The van der Waals surface area contributed by atoms with Crippen LogP contribution in [0.15, 0.2) is 41.3 Å². The Hall–Kier alpha value is -2.71. The molecule has 10 heteroatoms. The van der Waals surface area contributed by atoms with Crippen LogP contribution >= 0.6 is 23.2 Å². The van der Waals surface area contributed by atoms with Gasteiger partial charge in [-0.05, 0) is 37.0 Å². The summed E-state index contributed by atoms with van der Waals surface area (Å²) in [6, 6.07) is 4.84. The molecule has 0 spiro atoms. The van der Waals surface area contributed by atoms with Gasteiger partial charge in [0, 0.05) is 37.6 Å². The number of benzene rings is 1. The largest absolute Gasteiger partial charge is 0.339 e. The molecule has 3 aromatic rings. The molecule has 1 fully saturated rings. The Balaban J connectivity index is 1.36. The average molecular weight is 433 g/mol. The number of carbonyl (C=O) groups is 1. The van der Waals surface area contributed by atoms with Crippen molar-refractivity contribution in [2.45, 2.75) is 19.3 Å². The number of anilines is 1. The van der Waals surface area contributed by atoms with Crippen molar-refractivity contribution >= 4 is 34.9 Å². The summed E-state index contributed by atoms with van der Waals surface area (Å²) in [5, 5.41) is 7.69. The highest BCUT2D eigenvalue weighted by molar-refractivity contribution is 6.42. The van der Waals surface area contributed by atoms with E-state index in [1.54, 1.807) is 41.7 Å². The Morgan fingerprint density at radius 3 is 2.97 bits per heavy atom. The van der Waals surface area contributed by atoms with Gasteiger partial charge in [-0.3, -0.25) is 4.98 Å². The lowest BCUT2D eigenvalue weighted by Crippen LogP contribution is -2.42. The Morgan fingerprint density at radius 1 is 1.28 bits per heavy atom. The quantitative estimate of drug-likeness (QED) is 0.658. The summed E-state index contributed by atoms with van der Waals surface area (Å²) < 4.78 is 5.36. The van der Waals surface area contributed by atoms with E-state index in [0.717, 1.165) is 12.8 Å². The molecule has 1 N–H and O–H groups in total. The molecular weight excluding hydrogens is 415 g/mol. The van der Waals surface area contributed by atoms with Crippen molar-refractivity contribution in [2.75, 3.05) is 18.4 Å². The molecule has 1 atom stereocenters. The molecular formula is C19H18Cl2N6O2. The zero-order valence-corrected chi connectivity index (χ0v) is 16.9. The first kappa shape index (κ1) is 19.6. The van der Waals surface area contributed by atoms with Crippen LogP contribution in [0.3, 0.4) is 0 Å². The molecule has 4 rings (SSSR count). The molecule has 8 nitrogen and oxygen atoms in total. The number of hydrogen-bond donors (Lipinski definition) is 1. The number of halogens is 2. The van der Waals surface area contributed by atoms with Crippen molar-refractivity contribution in [1.82, 2.24) is 25.0 Å². The van der Waals surface area contributed by atoms with Crippen LogP contribution in [0.4, 0.5) is 10.5 Å². The predicted octanol–water partition coefficient (Wildman–Crippen LogP) is 4.32. The smallest absolute Gasteiger partial charge is 0.321 e. The molecule has 1 unspecified atom stereocenters. The van der Waals surface area contributed by atoms with Gasteiger partial charge < -0.3 is 14.7 Å². The van der Waals surface area contributed by atoms with E-state index in [-0.39, 0.29) is 11.9 Å². The molecule has 1 aliphatic rings. The van der Waals surface area contributed by atoms with Crippen molar-refractivity contribution in [1.29, 1.82) is 0 Å². The highest BCUT2D eigenvalue weighted by Gasteiger charge is 2.26. The van der Waals surface area contributed by atoms with Gasteiger partial charge in [-0.2, -0.15) is 4.98 Å². The van der Waals surface area contributed by atoms with Crippen molar-refractivity contribution in [3.63, 3.8) is 0 Å². The second-order valence-electron chi connectivity index (χ2n) is 6.82. The molecule has 0 bridgehead atoms. The number of piperidine rings is 1. The van der Waals surface area contributed by atoms with Gasteiger partial charge in [-0.1, -0.05) is 28.4 Å². The van der Waals surface area contributed by atoms with Gasteiger partial charge in [-0.25, -0.2) is 9.78 Å². The van der Waals surface area contributed by atoms with Crippen LogP contribution in [0.2, 0.25) is 10.0 Å². The monoisotopic (exact) mass is 432 g/mol. The lowest BCUT2D eigenvalue weighted by Gasteiger charge is -2.32. The van der Waals surface area contributed by atoms with Gasteiger partial charge in [0.1, 0.15) is 5.69 Å². The molecule has 1 saturated heterocycles. The van der Waals surface area contributed by atoms with Crippen molar-refractivity contribution in [2.24, 2.45) is 5.92 Å². The van der Waals surface area contributed by atoms with E-state index in [2.05, 4.69) is 25.4 Å². The fraction of sp³-hybridized carbons (Fsp3) is 0.316. The number of rotatable bonds is 4. The summed E-state index contributed by atoms with van der Waals surface area (Å²) in [6.07, 6.45) is 7.25. The van der Waals surface area contributed by atoms with Gasteiger partial charge in [0.05, 0.1) is 16.2 Å². The number of carbonyl (C=O) groups excluding carboxylic acids is 1. The summed E-state index contributed by atoms with van der Waals surface area (Å²) in [6.45, 7) is 1.30. The molecule has 1 aliphatic heterocycles. The van der Waals surface area contributed by atoms with E-state index in [1.807, 2.05) is 0 Å². The second-order valence-corrected chi connectivity index (χ2v) is 7.63. The lowest BCUT2D eigenvalue weighted by molar-refractivity contribution is 0.173. The van der Waals surface area contributed by atoms with Crippen molar-refractivity contribution in [3.8, 4) is 11.5 Å². The standard InChI is InChI=1S/C19H18Cl2N6O2/c20-14-4-3-13(9-15(14)21)24-19(28)27-7-1-2-12(11-27)8-17-25-18(26-29-17)16-10-22-5-6-23-16/h3-6,9-10,12H,1-2,7-8,11H2,(H,24,28). The zero-order valence-electron chi connectivity index (χ0n) is 15.4. The highest BCUT2D eigenvalue weighted by Crippen LogP contribution is 2.26. The van der Waals surface area contributed by atoms with Gasteiger partial charge in [0.2, 0.25) is 11.7 Å². The first-order valence-electron chi connectivity index (χ1n) is 9.18. The Bertz CT molecular complexity index is 997. The van der Waals surface area contributed by atoms with Crippen LogP contribution in [0.25, 0.3) is 11.5 Å². The Morgan fingerprint density at radius 2 is 2.17 bits per heavy atom. The van der Waals surface area contributed by atoms with Crippen LogP contribution in [-0.2, 0) is 6.42 Å². The highest BCUT2D eigenvalue weighted by atomic mass is 35.5. The van der Waals surface area contributed by atoms with E-state index < -0.39 is 0 Å². The summed E-state index contributed by atoms with van der Waals surface area (Å²) in [5.41, 5.74) is 1.17. The summed E-state index contributed by atoms with van der Waals surface area (Å²) in [5.74, 6) is 1.18.